The molecule has 1 aromatic carbocycles. The van der Waals surface area contributed by atoms with Gasteiger partial charge < -0.3 is 28.3 Å². The summed E-state index contributed by atoms with van der Waals surface area (Å²) in [5, 5.41) is 0.0608. The molecule has 1 amide bonds. The van der Waals surface area contributed by atoms with Crippen LogP contribution in [0.5, 0.6) is 11.5 Å². The van der Waals surface area contributed by atoms with Crippen LogP contribution in [0.4, 0.5) is 4.79 Å². The summed E-state index contributed by atoms with van der Waals surface area (Å²) in [5.74, 6) is 1.21. The quantitative estimate of drug-likeness (QED) is 0.163. The number of nitrogens with zero attached hydrogens (tertiary/aromatic N) is 1. The highest BCUT2D eigenvalue weighted by atomic mass is 28.4. The van der Waals surface area contributed by atoms with Crippen LogP contribution in [-0.4, -0.2) is 64.6 Å². The molecule has 0 heterocycles. The van der Waals surface area contributed by atoms with Gasteiger partial charge in [-0.25, -0.2) is 4.79 Å². The van der Waals surface area contributed by atoms with Crippen molar-refractivity contribution < 1.29 is 28.2 Å². The summed E-state index contributed by atoms with van der Waals surface area (Å²) < 4.78 is 30.2. The van der Waals surface area contributed by atoms with Crippen LogP contribution in [-0.2, 0) is 13.9 Å². The topological polar surface area (TPSA) is 66.5 Å². The van der Waals surface area contributed by atoms with E-state index in [1.807, 2.05) is 39.0 Å². The van der Waals surface area contributed by atoms with Crippen molar-refractivity contribution in [2.24, 2.45) is 0 Å². The number of benzene rings is 1. The number of ether oxygens (including phenoxy) is 4. The first-order chi connectivity index (χ1) is 17.6. The molecule has 1 aliphatic rings. The van der Waals surface area contributed by atoms with Crippen molar-refractivity contribution in [1.29, 1.82) is 0 Å². The Balaban J connectivity index is 2.37. The Kier molecular flexibility index (Phi) is 11.1. The van der Waals surface area contributed by atoms with Crippen LogP contribution in [0.3, 0.4) is 0 Å². The van der Waals surface area contributed by atoms with Crippen LogP contribution in [0, 0.1) is 0 Å². The van der Waals surface area contributed by atoms with Crippen molar-refractivity contribution in [2.45, 2.75) is 96.7 Å². The first kappa shape index (κ1) is 31.9. The number of allylic oxidation sites excluding steroid dienone is 1. The number of hydrogen-bond donors (Lipinski definition) is 0. The zero-order valence-corrected chi connectivity index (χ0v) is 26.2. The summed E-state index contributed by atoms with van der Waals surface area (Å²) in [4.78, 5) is 14.2. The van der Waals surface area contributed by atoms with Crippen molar-refractivity contribution in [3.05, 3.63) is 42.0 Å². The van der Waals surface area contributed by atoms with Crippen LogP contribution in [0.2, 0.25) is 18.1 Å². The summed E-state index contributed by atoms with van der Waals surface area (Å²) in [6.07, 6.45) is 5.63. The van der Waals surface area contributed by atoms with Crippen LogP contribution < -0.4 is 9.47 Å². The molecule has 214 valence electrons. The molecule has 0 aromatic heterocycles. The third-order valence-electron chi connectivity index (χ3n) is 7.04. The lowest BCUT2D eigenvalue weighted by Gasteiger charge is -2.43. The summed E-state index contributed by atoms with van der Waals surface area (Å²) in [6, 6.07) is 5.74. The van der Waals surface area contributed by atoms with Crippen molar-refractivity contribution >= 4 is 20.5 Å². The molecular formula is C30H49NO6Si. The Labute approximate surface area is 231 Å². The zero-order chi connectivity index (χ0) is 28.7. The molecular weight excluding hydrogens is 498 g/mol. The fourth-order valence-corrected chi connectivity index (χ4v) is 5.21. The summed E-state index contributed by atoms with van der Waals surface area (Å²) in [7, 11) is 1.27. The SMILES string of the molecule is C=Cc1ccc(OCOC)c(O[C@H]2C(CCN(C)C(=O)OC(C)(C)C)=CCC[C@@H]2O[Si](C)(C)C(C)(C)C)c1. The van der Waals surface area contributed by atoms with E-state index in [-0.39, 0.29) is 30.1 Å². The van der Waals surface area contributed by atoms with Gasteiger partial charge in [-0.15, -0.1) is 0 Å². The second kappa shape index (κ2) is 13.2. The van der Waals surface area contributed by atoms with Gasteiger partial charge in [0, 0.05) is 20.7 Å². The van der Waals surface area contributed by atoms with E-state index >= 15 is 0 Å². The number of amides is 1. The lowest BCUT2D eigenvalue weighted by Crippen LogP contribution is -2.49. The summed E-state index contributed by atoms with van der Waals surface area (Å²) in [6.45, 7) is 21.4. The first-order valence-electron chi connectivity index (χ1n) is 13.4. The Bertz CT molecular complexity index is 976. The molecule has 2 atom stereocenters. The molecule has 0 fully saturated rings. The van der Waals surface area contributed by atoms with Crippen LogP contribution >= 0.6 is 0 Å². The number of carbonyl (C=O) groups is 1. The maximum absolute atomic E-state index is 12.6. The smallest absolute Gasteiger partial charge is 0.410 e. The Hall–Kier alpha value is -2.29. The van der Waals surface area contributed by atoms with Crippen molar-refractivity contribution in [3.8, 4) is 11.5 Å². The largest absolute Gasteiger partial charge is 0.479 e. The molecule has 1 aliphatic carbocycles. The highest BCUT2D eigenvalue weighted by Crippen LogP contribution is 2.41. The normalized spacial score (nSPS) is 18.4. The fraction of sp³-hybridized carbons (Fsp3) is 0.633. The summed E-state index contributed by atoms with van der Waals surface area (Å²) in [5.41, 5.74) is 1.49. The number of carbonyl (C=O) groups excluding carboxylic acids is 1. The molecule has 8 heteroatoms. The Morgan fingerprint density at radius 1 is 1.16 bits per heavy atom. The zero-order valence-electron chi connectivity index (χ0n) is 25.2. The van der Waals surface area contributed by atoms with Gasteiger partial charge in [0.05, 0.1) is 6.10 Å². The standard InChI is InChI=1S/C30H49NO6Si/c1-12-22-16-17-24(34-21-33-9)26(20-22)35-27-23(18-19-31(8)28(32)36-29(2,3)4)14-13-15-25(27)37-38(10,11)30(5,6)7/h12,14,16-17,20,25,27H,1,13,15,18-19,21H2,2-11H3/t25-,27-/m0/s1. The molecule has 0 saturated carbocycles. The molecule has 0 saturated heterocycles. The minimum atomic E-state index is -2.08. The van der Waals surface area contributed by atoms with Crippen LogP contribution in [0.1, 0.15) is 66.4 Å². The van der Waals surface area contributed by atoms with Crippen molar-refractivity contribution in [3.63, 3.8) is 0 Å². The minimum absolute atomic E-state index is 0.0608. The maximum atomic E-state index is 12.6. The third kappa shape index (κ3) is 9.17. The molecule has 0 spiro atoms. The van der Waals surface area contributed by atoms with Crippen LogP contribution in [0.15, 0.2) is 36.4 Å². The molecule has 0 aliphatic heterocycles. The third-order valence-corrected chi connectivity index (χ3v) is 11.5. The molecule has 0 radical (unpaired) electrons. The molecule has 38 heavy (non-hydrogen) atoms. The highest BCUT2D eigenvalue weighted by molar-refractivity contribution is 6.74. The van der Waals surface area contributed by atoms with Gasteiger partial charge in [-0.2, -0.15) is 0 Å². The lowest BCUT2D eigenvalue weighted by atomic mass is 9.91. The van der Waals surface area contributed by atoms with Gasteiger partial charge in [0.2, 0.25) is 0 Å². The predicted molar refractivity (Wildman–Crippen MR) is 156 cm³/mol. The fourth-order valence-electron chi connectivity index (χ4n) is 3.86. The first-order valence-corrected chi connectivity index (χ1v) is 16.3. The van der Waals surface area contributed by atoms with E-state index in [2.05, 4.69) is 46.5 Å². The minimum Gasteiger partial charge on any atom is -0.479 e. The van der Waals surface area contributed by atoms with Crippen LogP contribution in [0.25, 0.3) is 6.08 Å². The van der Waals surface area contributed by atoms with E-state index < -0.39 is 13.9 Å². The lowest BCUT2D eigenvalue weighted by molar-refractivity contribution is 0.0276. The number of hydrogen-bond acceptors (Lipinski definition) is 6. The molecule has 1 aromatic rings. The molecule has 7 nitrogen and oxygen atoms in total. The van der Waals surface area contributed by atoms with Gasteiger partial charge >= 0.3 is 6.09 Å². The highest BCUT2D eigenvalue weighted by Gasteiger charge is 2.42. The van der Waals surface area contributed by atoms with E-state index in [1.165, 1.54) is 0 Å². The van der Waals surface area contributed by atoms with E-state index in [0.717, 1.165) is 24.0 Å². The Morgan fingerprint density at radius 2 is 1.84 bits per heavy atom. The van der Waals surface area contributed by atoms with Gasteiger partial charge in [0.1, 0.15) is 11.7 Å². The van der Waals surface area contributed by atoms with Gasteiger partial charge in [0.15, 0.2) is 26.6 Å². The van der Waals surface area contributed by atoms with Gasteiger partial charge in [-0.3, -0.25) is 0 Å². The average Bonchev–Trinajstić information content (AvgIpc) is 2.81. The Morgan fingerprint density at radius 3 is 2.42 bits per heavy atom. The van der Waals surface area contributed by atoms with E-state index in [1.54, 1.807) is 25.1 Å². The molecule has 0 N–H and O–H groups in total. The average molecular weight is 548 g/mol. The number of methoxy groups -OCH3 is 1. The number of rotatable bonds is 11. The predicted octanol–water partition coefficient (Wildman–Crippen LogP) is 7.43. The second-order valence-corrected chi connectivity index (χ2v) is 17.2. The molecule has 2 rings (SSSR count). The molecule has 0 unspecified atom stereocenters. The van der Waals surface area contributed by atoms with Gasteiger partial charge in [-0.1, -0.05) is 45.6 Å². The van der Waals surface area contributed by atoms with Gasteiger partial charge in [-0.05, 0) is 81.4 Å². The van der Waals surface area contributed by atoms with Crippen molar-refractivity contribution in [1.82, 2.24) is 4.90 Å². The molecule has 0 bridgehead atoms. The van der Waals surface area contributed by atoms with E-state index in [9.17, 15) is 4.79 Å². The maximum Gasteiger partial charge on any atom is 0.410 e. The van der Waals surface area contributed by atoms with E-state index in [4.69, 9.17) is 23.4 Å². The van der Waals surface area contributed by atoms with Gasteiger partial charge in [0.25, 0.3) is 0 Å². The van der Waals surface area contributed by atoms with Crippen molar-refractivity contribution in [2.75, 3.05) is 27.5 Å². The summed E-state index contributed by atoms with van der Waals surface area (Å²) >= 11 is 0. The monoisotopic (exact) mass is 547 g/mol. The second-order valence-electron chi connectivity index (χ2n) is 12.4. The van der Waals surface area contributed by atoms with E-state index in [0.29, 0.717) is 24.5 Å².